The van der Waals surface area contributed by atoms with Crippen LogP contribution in [0.25, 0.3) is 5.78 Å². The number of hydrogen-bond acceptors (Lipinski definition) is 5. The number of rotatable bonds is 5. The Bertz CT molecular complexity index is 935. The zero-order valence-electron chi connectivity index (χ0n) is 12.7. The lowest BCUT2D eigenvalue weighted by Crippen LogP contribution is -2.15. The number of aromatic amines is 1. The lowest BCUT2D eigenvalue weighted by Gasteiger charge is -2.06. The summed E-state index contributed by atoms with van der Waals surface area (Å²) >= 11 is 7.06. The van der Waals surface area contributed by atoms with Crippen LogP contribution in [0.4, 0.5) is 5.69 Å². The van der Waals surface area contributed by atoms with Crippen molar-refractivity contribution in [2.75, 3.05) is 11.1 Å². The summed E-state index contributed by atoms with van der Waals surface area (Å²) in [5.41, 5.74) is 1.25. The Morgan fingerprint density at radius 1 is 1.33 bits per heavy atom. The van der Waals surface area contributed by atoms with Crippen molar-refractivity contribution in [1.82, 2.24) is 19.6 Å². The van der Waals surface area contributed by atoms with Crippen molar-refractivity contribution in [1.29, 1.82) is 0 Å². The second-order valence-corrected chi connectivity index (χ2v) is 6.34. The van der Waals surface area contributed by atoms with E-state index in [1.165, 1.54) is 17.8 Å². The van der Waals surface area contributed by atoms with Crippen molar-refractivity contribution >= 4 is 40.7 Å². The van der Waals surface area contributed by atoms with Crippen LogP contribution >= 0.6 is 23.4 Å². The number of carbonyl (C=O) groups excluding carboxylic acids is 1. The first kappa shape index (κ1) is 16.5. The highest BCUT2D eigenvalue weighted by atomic mass is 35.5. The Hall–Kier alpha value is -2.32. The molecule has 24 heavy (non-hydrogen) atoms. The van der Waals surface area contributed by atoms with Gasteiger partial charge in [0.1, 0.15) is 0 Å². The van der Waals surface area contributed by atoms with Gasteiger partial charge in [-0.3, -0.25) is 19.0 Å². The standard InChI is InChI=1S/C15H14ClN5O2S/c1-2-11-7-12(22)18-14-19-20-15(21(11)14)24-8-13(23)17-10-5-3-9(16)4-6-10/h3-7H,2,8H2,1H3,(H,17,23)(H,18,19,22). The van der Waals surface area contributed by atoms with E-state index in [-0.39, 0.29) is 17.2 Å². The van der Waals surface area contributed by atoms with Crippen molar-refractivity contribution in [3.63, 3.8) is 0 Å². The summed E-state index contributed by atoms with van der Waals surface area (Å²) in [6.45, 7) is 1.94. The molecule has 0 aliphatic rings. The predicted molar refractivity (Wildman–Crippen MR) is 93.8 cm³/mol. The fourth-order valence-corrected chi connectivity index (χ4v) is 3.08. The summed E-state index contributed by atoms with van der Waals surface area (Å²) in [5, 5.41) is 11.9. The van der Waals surface area contributed by atoms with Gasteiger partial charge in [0.05, 0.1) is 5.75 Å². The zero-order chi connectivity index (χ0) is 17.1. The first-order chi connectivity index (χ1) is 11.6. The van der Waals surface area contributed by atoms with E-state index < -0.39 is 0 Å². The molecule has 0 unspecified atom stereocenters. The highest BCUT2D eigenvalue weighted by molar-refractivity contribution is 7.99. The maximum Gasteiger partial charge on any atom is 0.252 e. The van der Waals surface area contributed by atoms with Gasteiger partial charge in [0.2, 0.25) is 11.7 Å². The molecule has 3 aromatic rings. The third-order valence-corrected chi connectivity index (χ3v) is 4.46. The lowest BCUT2D eigenvalue weighted by atomic mass is 10.3. The Morgan fingerprint density at radius 2 is 2.08 bits per heavy atom. The van der Waals surface area contributed by atoms with Gasteiger partial charge < -0.3 is 5.32 Å². The smallest absolute Gasteiger partial charge is 0.252 e. The summed E-state index contributed by atoms with van der Waals surface area (Å²) in [7, 11) is 0. The van der Waals surface area contributed by atoms with Crippen LogP contribution in [0.3, 0.4) is 0 Å². The van der Waals surface area contributed by atoms with Crippen molar-refractivity contribution in [3.8, 4) is 0 Å². The third-order valence-electron chi connectivity index (χ3n) is 3.28. The van der Waals surface area contributed by atoms with E-state index >= 15 is 0 Å². The quantitative estimate of drug-likeness (QED) is 0.679. The van der Waals surface area contributed by atoms with Gasteiger partial charge in [-0.15, -0.1) is 10.2 Å². The van der Waals surface area contributed by atoms with Crippen molar-refractivity contribution < 1.29 is 4.79 Å². The number of benzene rings is 1. The molecule has 0 spiro atoms. The van der Waals surface area contributed by atoms with E-state index in [1.807, 2.05) is 6.92 Å². The molecule has 0 fully saturated rings. The molecule has 1 amide bonds. The molecule has 2 N–H and O–H groups in total. The number of hydrogen-bond donors (Lipinski definition) is 2. The number of aryl methyl sites for hydroxylation is 1. The molecular weight excluding hydrogens is 350 g/mol. The van der Waals surface area contributed by atoms with Gasteiger partial charge in [-0.1, -0.05) is 30.3 Å². The molecule has 1 aromatic carbocycles. The molecule has 9 heteroatoms. The van der Waals surface area contributed by atoms with Crippen LogP contribution in [0, 0.1) is 0 Å². The Balaban J connectivity index is 1.72. The number of amides is 1. The van der Waals surface area contributed by atoms with Gasteiger partial charge in [0.15, 0.2) is 5.16 Å². The summed E-state index contributed by atoms with van der Waals surface area (Å²) in [6, 6.07) is 8.39. The van der Waals surface area contributed by atoms with Crippen molar-refractivity contribution in [3.05, 3.63) is 51.4 Å². The van der Waals surface area contributed by atoms with Crippen molar-refractivity contribution in [2.24, 2.45) is 0 Å². The molecule has 2 heterocycles. The second-order valence-electron chi connectivity index (χ2n) is 4.96. The van der Waals surface area contributed by atoms with Gasteiger partial charge in [0.25, 0.3) is 5.56 Å². The second kappa shape index (κ2) is 7.06. The fraction of sp³-hybridized carbons (Fsp3) is 0.200. The average Bonchev–Trinajstić information content (AvgIpc) is 2.97. The predicted octanol–water partition coefficient (Wildman–Crippen LogP) is 2.36. The summed E-state index contributed by atoms with van der Waals surface area (Å²) in [5.74, 6) is 0.382. The molecule has 0 radical (unpaired) electrons. The van der Waals surface area contributed by atoms with Gasteiger partial charge in [-0.25, -0.2) is 0 Å². The van der Waals surface area contributed by atoms with E-state index in [0.29, 0.717) is 28.1 Å². The first-order valence-electron chi connectivity index (χ1n) is 7.22. The Labute approximate surface area is 146 Å². The Kier molecular flexibility index (Phi) is 4.86. The molecule has 2 aromatic heterocycles. The van der Waals surface area contributed by atoms with Crippen LogP contribution < -0.4 is 10.9 Å². The molecule has 0 saturated carbocycles. The summed E-state index contributed by atoms with van der Waals surface area (Å²) < 4.78 is 1.75. The highest BCUT2D eigenvalue weighted by Gasteiger charge is 2.13. The van der Waals surface area contributed by atoms with Crippen LogP contribution in [0.15, 0.2) is 40.3 Å². The number of anilines is 1. The zero-order valence-corrected chi connectivity index (χ0v) is 14.3. The Morgan fingerprint density at radius 3 is 2.79 bits per heavy atom. The van der Waals surface area contributed by atoms with Crippen LogP contribution in [0.2, 0.25) is 5.02 Å². The summed E-state index contributed by atoms with van der Waals surface area (Å²) in [4.78, 5) is 26.2. The molecule has 3 rings (SSSR count). The number of nitrogens with one attached hydrogen (secondary N) is 2. The molecule has 0 saturated heterocycles. The molecule has 0 atom stereocenters. The van der Waals surface area contributed by atoms with Crippen LogP contribution in [-0.2, 0) is 11.2 Å². The van der Waals surface area contributed by atoms with Gasteiger partial charge >= 0.3 is 0 Å². The first-order valence-corrected chi connectivity index (χ1v) is 8.58. The van der Waals surface area contributed by atoms with E-state index in [9.17, 15) is 9.59 Å². The van der Waals surface area contributed by atoms with E-state index in [1.54, 1.807) is 28.7 Å². The number of thioether (sulfide) groups is 1. The van der Waals surface area contributed by atoms with Crippen molar-refractivity contribution in [2.45, 2.75) is 18.5 Å². The molecule has 0 bridgehead atoms. The summed E-state index contributed by atoms with van der Waals surface area (Å²) in [6.07, 6.45) is 0.656. The molecule has 0 aliphatic heterocycles. The van der Waals surface area contributed by atoms with Gasteiger partial charge in [-0.2, -0.15) is 0 Å². The fourth-order valence-electron chi connectivity index (χ4n) is 2.19. The minimum atomic E-state index is -0.219. The number of aromatic nitrogens is 4. The number of H-pyrrole nitrogens is 1. The van der Waals surface area contributed by atoms with Gasteiger partial charge in [0, 0.05) is 22.5 Å². The van der Waals surface area contributed by atoms with E-state index in [0.717, 1.165) is 5.69 Å². The number of halogens is 1. The number of nitrogens with zero attached hydrogens (tertiary/aromatic N) is 3. The lowest BCUT2D eigenvalue weighted by molar-refractivity contribution is -0.113. The number of fused-ring (bicyclic) bond motifs is 1. The molecule has 7 nitrogen and oxygen atoms in total. The largest absolute Gasteiger partial charge is 0.325 e. The molecule has 0 aliphatic carbocycles. The van der Waals surface area contributed by atoms with E-state index in [4.69, 9.17) is 11.6 Å². The maximum atomic E-state index is 12.1. The topological polar surface area (TPSA) is 92.2 Å². The maximum absolute atomic E-state index is 12.1. The minimum absolute atomic E-state index is 0.165. The van der Waals surface area contributed by atoms with E-state index in [2.05, 4.69) is 20.5 Å². The highest BCUT2D eigenvalue weighted by Crippen LogP contribution is 2.19. The van der Waals surface area contributed by atoms with Crippen LogP contribution in [0.1, 0.15) is 12.6 Å². The minimum Gasteiger partial charge on any atom is -0.325 e. The van der Waals surface area contributed by atoms with Crippen LogP contribution in [-0.4, -0.2) is 31.2 Å². The number of carbonyl (C=O) groups is 1. The van der Waals surface area contributed by atoms with Crippen LogP contribution in [0.5, 0.6) is 0 Å². The monoisotopic (exact) mass is 363 g/mol. The van der Waals surface area contributed by atoms with Gasteiger partial charge in [-0.05, 0) is 30.7 Å². The normalized spacial score (nSPS) is 10.9. The molecular formula is C15H14ClN5O2S. The molecule has 124 valence electrons. The third kappa shape index (κ3) is 3.60. The average molecular weight is 364 g/mol. The SMILES string of the molecule is CCc1cc(=O)[nH]c2nnc(SCC(=O)Nc3ccc(Cl)cc3)n12.